The summed E-state index contributed by atoms with van der Waals surface area (Å²) in [5, 5.41) is 0. The molecule has 0 bridgehead atoms. The molecule has 1 heterocycles. The van der Waals surface area contributed by atoms with E-state index in [0.29, 0.717) is 24.8 Å². The molecule has 2 rings (SSSR count). The van der Waals surface area contributed by atoms with Gasteiger partial charge in [-0.1, -0.05) is 13.8 Å². The third-order valence-corrected chi connectivity index (χ3v) is 5.24. The molecule has 4 nitrogen and oxygen atoms in total. The number of ketones is 1. The van der Waals surface area contributed by atoms with E-state index in [1.54, 1.807) is 4.90 Å². The van der Waals surface area contributed by atoms with Crippen LogP contribution in [0.4, 0.5) is 4.79 Å². The highest BCUT2D eigenvalue weighted by atomic mass is 16.6. The van der Waals surface area contributed by atoms with Crippen LogP contribution in [0.15, 0.2) is 0 Å². The monoisotopic (exact) mass is 309 g/mol. The van der Waals surface area contributed by atoms with E-state index in [9.17, 15) is 9.59 Å². The molecule has 2 fully saturated rings. The van der Waals surface area contributed by atoms with Crippen LogP contribution >= 0.6 is 0 Å². The van der Waals surface area contributed by atoms with Crippen molar-refractivity contribution in [2.75, 3.05) is 13.1 Å². The molecule has 0 radical (unpaired) electrons. The number of rotatable bonds is 2. The molecule has 0 N–H and O–H groups in total. The summed E-state index contributed by atoms with van der Waals surface area (Å²) >= 11 is 0. The largest absolute Gasteiger partial charge is 0.444 e. The minimum atomic E-state index is -0.478. The van der Waals surface area contributed by atoms with E-state index >= 15 is 0 Å². The highest BCUT2D eigenvalue weighted by Crippen LogP contribution is 2.36. The molecule has 0 spiro atoms. The molecule has 4 atom stereocenters. The highest BCUT2D eigenvalue weighted by Gasteiger charge is 2.38. The molecule has 1 saturated carbocycles. The number of ether oxygens (including phenoxy) is 1. The Kier molecular flexibility index (Phi) is 5.18. The predicted molar refractivity (Wildman–Crippen MR) is 86.6 cm³/mol. The fourth-order valence-electron chi connectivity index (χ4n) is 3.62. The van der Waals surface area contributed by atoms with Gasteiger partial charge in [0, 0.05) is 24.9 Å². The first-order valence-electron chi connectivity index (χ1n) is 8.69. The van der Waals surface area contributed by atoms with Crippen LogP contribution < -0.4 is 0 Å². The van der Waals surface area contributed by atoms with Gasteiger partial charge in [-0.15, -0.1) is 0 Å². The molecule has 1 aliphatic heterocycles. The molecule has 2 aliphatic rings. The average molecular weight is 309 g/mol. The lowest BCUT2D eigenvalue weighted by atomic mass is 9.72. The fourth-order valence-corrected chi connectivity index (χ4v) is 3.62. The summed E-state index contributed by atoms with van der Waals surface area (Å²) in [6, 6.07) is 0. The maximum Gasteiger partial charge on any atom is 0.410 e. The summed E-state index contributed by atoms with van der Waals surface area (Å²) in [4.78, 5) is 26.5. The number of likely N-dealkylation sites (tertiary alicyclic amines) is 1. The molecular weight excluding hydrogens is 278 g/mol. The Bertz CT molecular complexity index is 427. The maximum absolute atomic E-state index is 12.7. The van der Waals surface area contributed by atoms with Crippen LogP contribution in [0.25, 0.3) is 0 Å². The van der Waals surface area contributed by atoms with Gasteiger partial charge in [-0.25, -0.2) is 4.79 Å². The number of hydrogen-bond donors (Lipinski definition) is 0. The Morgan fingerprint density at radius 2 is 1.68 bits per heavy atom. The van der Waals surface area contributed by atoms with Gasteiger partial charge in [-0.2, -0.15) is 0 Å². The molecule has 0 aromatic heterocycles. The quantitative estimate of drug-likeness (QED) is 0.777. The van der Waals surface area contributed by atoms with Gasteiger partial charge in [0.25, 0.3) is 0 Å². The van der Waals surface area contributed by atoms with Crippen LogP contribution in [0, 0.1) is 23.7 Å². The number of carbonyl (C=O) groups excluding carboxylic acids is 2. The number of nitrogens with zero attached hydrogens (tertiary/aromatic N) is 1. The standard InChI is InChI=1S/C18H31NO3/c1-12-6-7-14(10-13(12)2)16(20)15-8-9-19(11-15)17(21)22-18(3,4)5/h12-15H,6-11H2,1-5H3. The topological polar surface area (TPSA) is 46.6 Å². The number of amides is 1. The lowest BCUT2D eigenvalue weighted by molar-refractivity contribution is -0.128. The van der Waals surface area contributed by atoms with Crippen LogP contribution in [-0.2, 0) is 9.53 Å². The first-order valence-corrected chi connectivity index (χ1v) is 8.69. The van der Waals surface area contributed by atoms with E-state index < -0.39 is 5.60 Å². The van der Waals surface area contributed by atoms with E-state index in [1.165, 1.54) is 0 Å². The van der Waals surface area contributed by atoms with E-state index in [4.69, 9.17) is 4.74 Å². The Morgan fingerprint density at radius 1 is 1.00 bits per heavy atom. The fraction of sp³-hybridized carbons (Fsp3) is 0.889. The Labute approximate surface area is 134 Å². The van der Waals surface area contributed by atoms with Crippen LogP contribution in [-0.4, -0.2) is 35.5 Å². The van der Waals surface area contributed by atoms with Gasteiger partial charge in [0.15, 0.2) is 0 Å². The van der Waals surface area contributed by atoms with Crippen molar-refractivity contribution in [3.8, 4) is 0 Å². The van der Waals surface area contributed by atoms with Crippen molar-refractivity contribution in [3.63, 3.8) is 0 Å². The smallest absolute Gasteiger partial charge is 0.410 e. The first kappa shape index (κ1) is 17.3. The van der Waals surface area contributed by atoms with Crippen molar-refractivity contribution in [1.29, 1.82) is 0 Å². The molecule has 22 heavy (non-hydrogen) atoms. The Balaban J connectivity index is 1.87. The summed E-state index contributed by atoms with van der Waals surface area (Å²) in [7, 11) is 0. The zero-order valence-corrected chi connectivity index (χ0v) is 14.7. The van der Waals surface area contributed by atoms with Gasteiger partial charge in [0.1, 0.15) is 11.4 Å². The predicted octanol–water partition coefficient (Wildman–Crippen LogP) is 3.88. The van der Waals surface area contributed by atoms with Crippen molar-refractivity contribution in [3.05, 3.63) is 0 Å². The van der Waals surface area contributed by atoms with Crippen molar-refractivity contribution in [2.45, 2.75) is 65.9 Å². The molecule has 126 valence electrons. The van der Waals surface area contributed by atoms with Crippen molar-refractivity contribution < 1.29 is 14.3 Å². The summed E-state index contributed by atoms with van der Waals surface area (Å²) in [5.41, 5.74) is -0.478. The normalized spacial score (nSPS) is 32.9. The van der Waals surface area contributed by atoms with E-state index in [2.05, 4.69) is 13.8 Å². The SMILES string of the molecule is CC1CCC(C(=O)C2CCN(C(=O)OC(C)(C)C)C2)CC1C. The number of carbonyl (C=O) groups is 2. The minimum absolute atomic E-state index is 0.0122. The van der Waals surface area contributed by atoms with Gasteiger partial charge in [-0.05, 0) is 58.3 Å². The number of Topliss-reactive ketones (excluding diaryl/α,β-unsaturated/α-hetero) is 1. The van der Waals surface area contributed by atoms with Crippen LogP contribution in [0.5, 0.6) is 0 Å². The summed E-state index contributed by atoms with van der Waals surface area (Å²) < 4.78 is 5.40. The van der Waals surface area contributed by atoms with Gasteiger partial charge in [-0.3, -0.25) is 4.79 Å². The van der Waals surface area contributed by atoms with Gasteiger partial charge in [0.05, 0.1) is 0 Å². The Morgan fingerprint density at radius 3 is 2.27 bits per heavy atom. The average Bonchev–Trinajstić information content (AvgIpc) is 2.89. The molecule has 4 unspecified atom stereocenters. The molecule has 1 amide bonds. The molecule has 4 heteroatoms. The third-order valence-electron chi connectivity index (χ3n) is 5.24. The van der Waals surface area contributed by atoms with E-state index in [0.717, 1.165) is 31.6 Å². The van der Waals surface area contributed by atoms with E-state index in [-0.39, 0.29) is 17.9 Å². The molecular formula is C18H31NO3. The van der Waals surface area contributed by atoms with Crippen molar-refractivity contribution in [1.82, 2.24) is 4.90 Å². The van der Waals surface area contributed by atoms with Crippen LogP contribution in [0.3, 0.4) is 0 Å². The second-order valence-corrected chi connectivity index (χ2v) is 8.28. The molecule has 0 aromatic rings. The highest BCUT2D eigenvalue weighted by molar-refractivity contribution is 5.85. The lowest BCUT2D eigenvalue weighted by Gasteiger charge is -2.32. The molecule has 0 aromatic carbocycles. The van der Waals surface area contributed by atoms with Gasteiger partial charge >= 0.3 is 6.09 Å². The Hall–Kier alpha value is -1.06. The lowest BCUT2D eigenvalue weighted by Crippen LogP contribution is -2.37. The van der Waals surface area contributed by atoms with Crippen LogP contribution in [0.2, 0.25) is 0 Å². The van der Waals surface area contributed by atoms with Crippen molar-refractivity contribution in [2.24, 2.45) is 23.7 Å². The second-order valence-electron chi connectivity index (χ2n) is 8.28. The zero-order chi connectivity index (χ0) is 16.5. The first-order chi connectivity index (χ1) is 10.2. The molecule has 1 aliphatic carbocycles. The summed E-state index contributed by atoms with van der Waals surface area (Å²) in [6.45, 7) is 11.3. The van der Waals surface area contributed by atoms with Crippen molar-refractivity contribution >= 4 is 11.9 Å². The summed E-state index contributed by atoms with van der Waals surface area (Å²) in [5.74, 6) is 1.95. The second kappa shape index (κ2) is 6.59. The molecule has 1 saturated heterocycles. The van der Waals surface area contributed by atoms with Crippen LogP contribution in [0.1, 0.15) is 60.3 Å². The summed E-state index contributed by atoms with van der Waals surface area (Å²) in [6.07, 6.45) is 3.70. The van der Waals surface area contributed by atoms with Gasteiger partial charge in [0.2, 0.25) is 0 Å². The minimum Gasteiger partial charge on any atom is -0.444 e. The maximum atomic E-state index is 12.7. The zero-order valence-electron chi connectivity index (χ0n) is 14.7. The number of hydrogen-bond acceptors (Lipinski definition) is 3. The van der Waals surface area contributed by atoms with E-state index in [1.807, 2.05) is 20.8 Å². The third kappa shape index (κ3) is 4.23. The van der Waals surface area contributed by atoms with Gasteiger partial charge < -0.3 is 9.64 Å².